The van der Waals surface area contributed by atoms with E-state index in [1.165, 1.54) is 44.9 Å². The fourth-order valence-electron chi connectivity index (χ4n) is 13.0. The van der Waals surface area contributed by atoms with E-state index in [0.717, 1.165) is 64.6 Å². The maximum atomic E-state index is 14.5. The van der Waals surface area contributed by atoms with Crippen LogP contribution in [0.1, 0.15) is 138 Å². The zero-order valence-corrected chi connectivity index (χ0v) is 30.6. The molecule has 46 heavy (non-hydrogen) atoms. The average Bonchev–Trinajstić information content (AvgIpc) is 2.98. The van der Waals surface area contributed by atoms with Crippen molar-refractivity contribution in [1.82, 2.24) is 10.2 Å². The zero-order valence-electron chi connectivity index (χ0n) is 30.6. The first-order chi connectivity index (χ1) is 21.7. The van der Waals surface area contributed by atoms with Gasteiger partial charge in [-0.25, -0.2) is 0 Å². The van der Waals surface area contributed by atoms with Crippen molar-refractivity contribution in [2.45, 2.75) is 144 Å². The maximum absolute atomic E-state index is 14.5. The molecule has 5 fully saturated rings. The third kappa shape index (κ3) is 5.33. The molecule has 4 saturated carbocycles. The molecule has 4 unspecified atom stereocenters. The van der Waals surface area contributed by atoms with Gasteiger partial charge < -0.3 is 15.7 Å². The average molecular weight is 637 g/mol. The second-order valence-electron chi connectivity index (χ2n) is 18.5. The van der Waals surface area contributed by atoms with Crippen molar-refractivity contribution in [2.24, 2.45) is 67.4 Å². The predicted octanol–water partition coefficient (Wildman–Crippen LogP) is 7.70. The van der Waals surface area contributed by atoms with Gasteiger partial charge in [0.05, 0.1) is 18.1 Å². The van der Waals surface area contributed by atoms with Crippen LogP contribution in [0.3, 0.4) is 0 Å². The van der Waals surface area contributed by atoms with Crippen LogP contribution in [-0.2, 0) is 4.79 Å². The molecule has 1 heterocycles. The monoisotopic (exact) mass is 637 g/mol. The van der Waals surface area contributed by atoms with Crippen LogP contribution in [0.15, 0.2) is 16.6 Å². The molecule has 6 heteroatoms. The van der Waals surface area contributed by atoms with Gasteiger partial charge in [0, 0.05) is 6.54 Å². The molecule has 6 rings (SSSR count). The first kappa shape index (κ1) is 34.5. The number of fused-ring (bicyclic) bond motifs is 7. The molecule has 10 atom stereocenters. The summed E-state index contributed by atoms with van der Waals surface area (Å²) < 4.78 is 0. The van der Waals surface area contributed by atoms with Gasteiger partial charge in [0.25, 0.3) is 0 Å². The Labute approximate surface area is 281 Å². The summed E-state index contributed by atoms with van der Waals surface area (Å²) in [6.07, 6.45) is 18.6. The van der Waals surface area contributed by atoms with Crippen LogP contribution in [0.4, 0.5) is 0 Å². The molecule has 0 radical (unpaired) electrons. The Bertz CT molecular complexity index is 1200. The van der Waals surface area contributed by atoms with Crippen molar-refractivity contribution < 1.29 is 9.90 Å². The summed E-state index contributed by atoms with van der Waals surface area (Å²) in [6.45, 7) is 21.2. The summed E-state index contributed by atoms with van der Waals surface area (Å²) in [4.78, 5) is 21.7. The van der Waals surface area contributed by atoms with E-state index < -0.39 is 5.41 Å². The molecule has 260 valence electrons. The number of carbonyl (C=O) groups excluding carboxylic acids is 1. The van der Waals surface area contributed by atoms with Crippen LogP contribution in [0.5, 0.6) is 0 Å². The summed E-state index contributed by atoms with van der Waals surface area (Å²) in [5, 5.41) is 14.3. The summed E-state index contributed by atoms with van der Waals surface area (Å²) in [5.41, 5.74) is 8.11. The van der Waals surface area contributed by atoms with E-state index >= 15 is 0 Å². The minimum Gasteiger partial charge on any atom is -0.393 e. The molecular formula is C40H68N4O2. The molecular weight excluding hydrogens is 568 g/mol. The molecule has 6 nitrogen and oxygen atoms in total. The minimum absolute atomic E-state index is 0.0414. The maximum Gasteiger partial charge on any atom is 0.233 e. The molecule has 4 N–H and O–H groups in total. The van der Waals surface area contributed by atoms with E-state index in [0.29, 0.717) is 36.2 Å². The lowest BCUT2D eigenvalue weighted by Crippen LogP contribution is -2.66. The van der Waals surface area contributed by atoms with Crippen LogP contribution in [0, 0.1) is 56.7 Å². The van der Waals surface area contributed by atoms with E-state index in [9.17, 15) is 9.90 Å². The number of aliphatic imine (C=N–C) groups is 1. The summed E-state index contributed by atoms with van der Waals surface area (Å²) in [7, 11) is 0. The molecule has 1 aliphatic heterocycles. The smallest absolute Gasteiger partial charge is 0.233 e. The highest BCUT2D eigenvalue weighted by atomic mass is 16.3. The van der Waals surface area contributed by atoms with E-state index in [1.54, 1.807) is 5.57 Å². The van der Waals surface area contributed by atoms with E-state index in [2.05, 4.69) is 69.8 Å². The first-order valence-electron chi connectivity index (χ1n) is 19.4. The normalized spacial score (nSPS) is 46.3. The number of nitrogens with zero attached hydrogens (tertiary/aromatic N) is 2. The van der Waals surface area contributed by atoms with Gasteiger partial charge in [0.15, 0.2) is 5.96 Å². The second-order valence-corrected chi connectivity index (χ2v) is 18.5. The highest BCUT2D eigenvalue weighted by Crippen LogP contribution is 2.75. The topological polar surface area (TPSA) is 91.0 Å². The fraction of sp³-hybridized carbons (Fsp3) is 0.900. The van der Waals surface area contributed by atoms with Crippen molar-refractivity contribution in [2.75, 3.05) is 26.2 Å². The Kier molecular flexibility index (Phi) is 9.36. The Morgan fingerprint density at radius 2 is 1.63 bits per heavy atom. The lowest BCUT2D eigenvalue weighted by Gasteiger charge is -2.71. The van der Waals surface area contributed by atoms with Crippen LogP contribution in [-0.4, -0.2) is 54.2 Å². The van der Waals surface area contributed by atoms with Gasteiger partial charge in [-0.1, -0.05) is 79.4 Å². The van der Waals surface area contributed by atoms with Gasteiger partial charge in [0.2, 0.25) is 5.91 Å². The molecule has 0 aromatic rings. The van der Waals surface area contributed by atoms with Crippen LogP contribution in [0.2, 0.25) is 0 Å². The SMILES string of the molecule is C[C@@H]1CC[C@]2(C(=O)NC(N)=NCCN3CCCCCCC3)CC[C@]3(C)C(=CCC4[C@@]5(C)CCC(O)C(C)(C)C5CC[C@]43C)C2[C@H]1C. The van der Waals surface area contributed by atoms with E-state index in [1.807, 2.05) is 0 Å². The molecule has 1 amide bonds. The van der Waals surface area contributed by atoms with Gasteiger partial charge in [-0.3, -0.25) is 15.1 Å². The minimum atomic E-state index is -0.415. The number of nitrogens with two attached hydrogens (primary N) is 1. The first-order valence-corrected chi connectivity index (χ1v) is 19.4. The number of guanidine groups is 1. The highest BCUT2D eigenvalue weighted by molar-refractivity contribution is 5.99. The predicted molar refractivity (Wildman–Crippen MR) is 189 cm³/mol. The lowest BCUT2D eigenvalue weighted by atomic mass is 9.33. The van der Waals surface area contributed by atoms with Crippen molar-refractivity contribution in [3.05, 3.63) is 11.6 Å². The molecule has 0 aromatic heterocycles. The third-order valence-corrected chi connectivity index (χ3v) is 16.3. The molecule has 1 saturated heterocycles. The van der Waals surface area contributed by atoms with Crippen molar-refractivity contribution in [1.29, 1.82) is 0 Å². The van der Waals surface area contributed by atoms with Gasteiger partial charge in [-0.2, -0.15) is 0 Å². The Morgan fingerprint density at radius 1 is 0.935 bits per heavy atom. The summed E-state index contributed by atoms with van der Waals surface area (Å²) in [5.74, 6) is 2.88. The molecule has 5 aliphatic carbocycles. The lowest BCUT2D eigenvalue weighted by molar-refractivity contribution is -0.204. The summed E-state index contributed by atoms with van der Waals surface area (Å²) >= 11 is 0. The van der Waals surface area contributed by atoms with Gasteiger partial charge >= 0.3 is 0 Å². The van der Waals surface area contributed by atoms with E-state index in [-0.39, 0.29) is 39.6 Å². The van der Waals surface area contributed by atoms with Gasteiger partial charge in [-0.15, -0.1) is 0 Å². The number of hydrogen-bond acceptors (Lipinski definition) is 4. The molecule has 0 bridgehead atoms. The number of likely N-dealkylation sites (tertiary alicyclic amines) is 1. The number of hydrogen-bond donors (Lipinski definition) is 3. The van der Waals surface area contributed by atoms with Crippen LogP contribution >= 0.6 is 0 Å². The fourth-order valence-corrected chi connectivity index (χ4v) is 13.0. The Morgan fingerprint density at radius 3 is 2.35 bits per heavy atom. The van der Waals surface area contributed by atoms with Crippen molar-refractivity contribution >= 4 is 11.9 Å². The quantitative estimate of drug-likeness (QED) is 0.168. The van der Waals surface area contributed by atoms with Crippen LogP contribution in [0.25, 0.3) is 0 Å². The number of amides is 1. The molecule has 0 spiro atoms. The third-order valence-electron chi connectivity index (χ3n) is 16.3. The standard InChI is InChI=1S/C40H68N4O2/c1-27-15-20-40(34(46)43-35(41)42-23-26-44-24-11-9-8-10-12-25-44)22-21-38(6)29(33(40)28(27)2)13-14-31-37(5)18-17-32(45)36(3,4)30(37)16-19-39(31,38)7/h13,27-28,30-33,45H,8-12,14-26H2,1-7H3,(H3,41,42,43,46)/t27-,28+,30?,31?,32?,33?,37+,38-,39-,40+/m1/s1. The molecule has 6 aliphatic rings. The molecule has 0 aromatic carbocycles. The van der Waals surface area contributed by atoms with Crippen molar-refractivity contribution in [3.8, 4) is 0 Å². The largest absolute Gasteiger partial charge is 0.393 e. The Balaban J connectivity index is 1.25. The number of allylic oxidation sites excluding steroid dienone is 2. The Hall–Kier alpha value is -1.40. The zero-order chi connectivity index (χ0) is 33.1. The summed E-state index contributed by atoms with van der Waals surface area (Å²) in [6, 6.07) is 0. The van der Waals surface area contributed by atoms with Gasteiger partial charge in [-0.05, 0) is 135 Å². The van der Waals surface area contributed by atoms with Crippen LogP contribution < -0.4 is 11.1 Å². The number of aliphatic hydroxyl groups is 1. The van der Waals surface area contributed by atoms with Crippen molar-refractivity contribution in [3.63, 3.8) is 0 Å². The van der Waals surface area contributed by atoms with E-state index in [4.69, 9.17) is 5.73 Å². The number of rotatable bonds is 4. The number of carbonyl (C=O) groups is 1. The highest BCUT2D eigenvalue weighted by Gasteiger charge is 2.69. The number of aliphatic hydroxyl groups excluding tert-OH is 1. The number of nitrogens with one attached hydrogen (secondary N) is 1. The van der Waals surface area contributed by atoms with Gasteiger partial charge in [0.1, 0.15) is 0 Å². The second kappa shape index (κ2) is 12.5.